The summed E-state index contributed by atoms with van der Waals surface area (Å²) in [5, 5.41) is 172. The van der Waals surface area contributed by atoms with Crippen LogP contribution in [-0.4, -0.2) is 255 Å². The first-order chi connectivity index (χ1) is 36.9. The molecule has 0 aromatic heterocycles. The standard InChI is InChI=1S/C55H94O24/c1-23(24-15-17-53(6)31-12-10-25-26(55(31,8)32(59)19-54(24,53)7)11-14-33(51(25,2)3)77-48-44(69)39(64)35(60)27(73-48)16-18-56)9-13-34(52(4,5)71)78-50-46(79-49-45(70)41(66)37(62)29(21-58)75-49)42(67)38(63)30(76-50)22-72-47-43(68)40(65)36(61)28(20-57)74-47/h10,23-24,26-50,56-71H,9,11-22H2,1-8H3/t23-,24-,26-,27-,28-,29-,30-,31+,32-,33+,34-,35-,36-,37-,38-,39+,40+,41+,42+,43-,44-,45-,46-,47-,48+,49+,50+,53+,54-,55+/m1/s1. The maximum atomic E-state index is 12.7. The van der Waals surface area contributed by atoms with Gasteiger partial charge in [0.05, 0.1) is 49.8 Å². The van der Waals surface area contributed by atoms with Crippen molar-refractivity contribution in [3.8, 4) is 0 Å². The number of hydrogen-bond acceptors (Lipinski definition) is 24. The van der Waals surface area contributed by atoms with Crippen LogP contribution in [0.2, 0.25) is 0 Å². The van der Waals surface area contributed by atoms with E-state index in [1.54, 1.807) is 0 Å². The molecule has 24 nitrogen and oxygen atoms in total. The number of rotatable bonds is 18. The van der Waals surface area contributed by atoms with E-state index in [2.05, 4.69) is 47.6 Å². The molecular formula is C55H94O24. The van der Waals surface area contributed by atoms with Crippen molar-refractivity contribution in [3.05, 3.63) is 11.6 Å². The van der Waals surface area contributed by atoms with Gasteiger partial charge in [0.1, 0.15) is 91.6 Å². The highest BCUT2D eigenvalue weighted by molar-refractivity contribution is 5.32. The Morgan fingerprint density at radius 3 is 1.72 bits per heavy atom. The van der Waals surface area contributed by atoms with Gasteiger partial charge in [-0.25, -0.2) is 0 Å². The molecule has 0 radical (unpaired) electrons. The molecule has 4 aliphatic carbocycles. The van der Waals surface area contributed by atoms with Gasteiger partial charge in [0.2, 0.25) is 0 Å². The molecule has 3 saturated carbocycles. The predicted molar refractivity (Wildman–Crippen MR) is 272 cm³/mol. The minimum atomic E-state index is -1.93. The maximum Gasteiger partial charge on any atom is 0.187 e. The van der Waals surface area contributed by atoms with Gasteiger partial charge in [0, 0.05) is 17.4 Å². The van der Waals surface area contributed by atoms with E-state index in [4.69, 9.17) is 37.9 Å². The third-order valence-corrected chi connectivity index (χ3v) is 21.0. The Labute approximate surface area is 461 Å². The lowest BCUT2D eigenvalue weighted by Crippen LogP contribution is -2.65. The second-order valence-electron chi connectivity index (χ2n) is 26.2. The van der Waals surface area contributed by atoms with Gasteiger partial charge >= 0.3 is 0 Å². The molecule has 8 aliphatic rings. The number of fused-ring (bicyclic) bond motifs is 5. The number of aliphatic hydroxyl groups excluding tert-OH is 15. The first kappa shape index (κ1) is 63.8. The van der Waals surface area contributed by atoms with Crippen molar-refractivity contribution in [3.63, 3.8) is 0 Å². The van der Waals surface area contributed by atoms with Gasteiger partial charge in [-0.05, 0) is 106 Å². The molecule has 4 aliphatic heterocycles. The molecule has 30 atom stereocenters. The highest BCUT2D eigenvalue weighted by Crippen LogP contribution is 2.75. The summed E-state index contributed by atoms with van der Waals surface area (Å²) >= 11 is 0. The SMILES string of the molecule is C[C@H](CC[C@@H](O[C@@H]1O[C@H](CO[C@@H]2O[C@H](CO)[C@@H](O)[C@H](O)[C@H]2O)[C@@H](O)[C@H](O)[C@H]1O[C@@H]1O[C@H](CO)[C@@H](O)[C@H](O)[C@H]1O)C(C)(C)O)[C@H]1CC[C@@]2(C)[C@@H]3CC=C4[C@@H](CC[C@H](O[C@@H]5O[C@H](CCO)[C@@H](O)[C@H](O)[C@H]5O)C4(C)C)[C@]3(C)[C@H](O)C[C@]12C. The Hall–Kier alpha value is -1.22. The summed E-state index contributed by atoms with van der Waals surface area (Å²) in [7, 11) is 0. The number of hydrogen-bond donors (Lipinski definition) is 16. The van der Waals surface area contributed by atoms with E-state index < -0.39 is 177 Å². The lowest BCUT2D eigenvalue weighted by Gasteiger charge is -2.67. The predicted octanol–water partition coefficient (Wildman–Crippen LogP) is -2.84. The molecule has 0 aromatic carbocycles. The molecule has 458 valence electrons. The summed E-state index contributed by atoms with van der Waals surface area (Å²) in [4.78, 5) is 0. The van der Waals surface area contributed by atoms with Crippen molar-refractivity contribution in [2.75, 3.05) is 26.4 Å². The first-order valence-electron chi connectivity index (χ1n) is 28.5. The van der Waals surface area contributed by atoms with Crippen molar-refractivity contribution in [1.29, 1.82) is 0 Å². The molecule has 0 aromatic rings. The largest absolute Gasteiger partial charge is 0.396 e. The third-order valence-electron chi connectivity index (χ3n) is 21.0. The quantitative estimate of drug-likeness (QED) is 0.0615. The molecule has 4 heterocycles. The zero-order chi connectivity index (χ0) is 58.2. The normalized spacial score (nSPS) is 50.9. The zero-order valence-electron chi connectivity index (χ0n) is 46.8. The summed E-state index contributed by atoms with van der Waals surface area (Å²) in [6, 6.07) is 0. The molecule has 0 spiro atoms. The molecular weight excluding hydrogens is 1040 g/mol. The van der Waals surface area contributed by atoms with Gasteiger partial charge < -0.3 is 120 Å². The first-order valence-corrected chi connectivity index (χ1v) is 28.5. The van der Waals surface area contributed by atoms with Crippen LogP contribution in [0.3, 0.4) is 0 Å². The highest BCUT2D eigenvalue weighted by Gasteiger charge is 2.70. The van der Waals surface area contributed by atoms with Crippen LogP contribution in [0.25, 0.3) is 0 Å². The summed E-state index contributed by atoms with van der Waals surface area (Å²) in [5.41, 5.74) is -2.04. The zero-order valence-corrected chi connectivity index (χ0v) is 46.8. The van der Waals surface area contributed by atoms with Gasteiger partial charge in [0.25, 0.3) is 0 Å². The Morgan fingerprint density at radius 1 is 0.608 bits per heavy atom. The summed E-state index contributed by atoms with van der Waals surface area (Å²) in [5.74, 6) is 0.236. The molecule has 7 fully saturated rings. The highest BCUT2D eigenvalue weighted by atomic mass is 16.8. The van der Waals surface area contributed by atoms with Crippen molar-refractivity contribution in [2.24, 2.45) is 45.3 Å². The number of ether oxygens (including phenoxy) is 8. The summed E-state index contributed by atoms with van der Waals surface area (Å²) in [6.45, 7) is 13.8. The van der Waals surface area contributed by atoms with E-state index in [0.717, 1.165) is 12.8 Å². The van der Waals surface area contributed by atoms with E-state index >= 15 is 0 Å². The molecule has 8 rings (SSSR count). The summed E-state index contributed by atoms with van der Waals surface area (Å²) in [6.07, 6.45) is -27.1. The van der Waals surface area contributed by atoms with Gasteiger partial charge in [-0.15, -0.1) is 0 Å². The van der Waals surface area contributed by atoms with Crippen LogP contribution in [-0.2, 0) is 37.9 Å². The average molecular weight is 1140 g/mol. The Bertz CT molecular complexity index is 2040. The monoisotopic (exact) mass is 1140 g/mol. The van der Waals surface area contributed by atoms with Crippen LogP contribution in [0.5, 0.6) is 0 Å². The number of allylic oxidation sites excluding steroid dienone is 1. The topological polar surface area (TPSA) is 398 Å². The smallest absolute Gasteiger partial charge is 0.187 e. The van der Waals surface area contributed by atoms with E-state index in [0.29, 0.717) is 32.1 Å². The van der Waals surface area contributed by atoms with Gasteiger partial charge in [-0.1, -0.05) is 53.2 Å². The maximum absolute atomic E-state index is 12.7. The van der Waals surface area contributed by atoms with Crippen molar-refractivity contribution in [1.82, 2.24) is 0 Å². The van der Waals surface area contributed by atoms with Gasteiger partial charge in [-0.2, -0.15) is 0 Å². The molecule has 16 N–H and O–H groups in total. The van der Waals surface area contributed by atoms with E-state index in [-0.39, 0.29) is 54.0 Å². The number of aliphatic hydroxyl groups is 16. The van der Waals surface area contributed by atoms with Crippen LogP contribution in [0.1, 0.15) is 113 Å². The molecule has 0 amide bonds. The third kappa shape index (κ3) is 11.4. The van der Waals surface area contributed by atoms with Crippen LogP contribution in [0, 0.1) is 45.3 Å². The summed E-state index contributed by atoms with van der Waals surface area (Å²) < 4.78 is 48.0. The average Bonchev–Trinajstić information content (AvgIpc) is 3.83. The van der Waals surface area contributed by atoms with Gasteiger partial charge in [0.15, 0.2) is 25.2 Å². The Morgan fingerprint density at radius 2 is 1.14 bits per heavy atom. The molecule has 24 heteroatoms. The fourth-order valence-electron chi connectivity index (χ4n) is 15.8. The van der Waals surface area contributed by atoms with E-state index in [1.807, 2.05) is 0 Å². The van der Waals surface area contributed by atoms with Crippen LogP contribution in [0.15, 0.2) is 11.6 Å². The van der Waals surface area contributed by atoms with Gasteiger partial charge in [-0.3, -0.25) is 0 Å². The molecule has 0 unspecified atom stereocenters. The molecule has 4 saturated heterocycles. The minimum Gasteiger partial charge on any atom is -0.396 e. The fraction of sp³-hybridized carbons (Fsp3) is 0.964. The molecule has 79 heavy (non-hydrogen) atoms. The van der Waals surface area contributed by atoms with E-state index in [1.165, 1.54) is 19.4 Å². The van der Waals surface area contributed by atoms with Crippen molar-refractivity contribution < 1.29 is 120 Å². The fourth-order valence-corrected chi connectivity index (χ4v) is 15.8. The minimum absolute atomic E-state index is 0.00699. The van der Waals surface area contributed by atoms with Crippen LogP contribution >= 0.6 is 0 Å². The lowest BCUT2D eigenvalue weighted by atomic mass is 9.38. The second-order valence-corrected chi connectivity index (χ2v) is 26.2. The van der Waals surface area contributed by atoms with E-state index in [9.17, 15) is 81.7 Å². The van der Waals surface area contributed by atoms with Crippen molar-refractivity contribution >= 4 is 0 Å². The molecule has 0 bridgehead atoms. The Kier molecular flexibility index (Phi) is 19.6. The van der Waals surface area contributed by atoms with Crippen LogP contribution < -0.4 is 0 Å². The second kappa shape index (κ2) is 24.3. The Balaban J connectivity index is 0.985. The lowest BCUT2D eigenvalue weighted by molar-refractivity contribution is -0.380. The van der Waals surface area contributed by atoms with Crippen LogP contribution in [0.4, 0.5) is 0 Å². The van der Waals surface area contributed by atoms with Crippen molar-refractivity contribution in [2.45, 2.75) is 260 Å².